The Kier molecular flexibility index (Phi) is 6.57. The monoisotopic (exact) mass is 262 g/mol. The van der Waals surface area contributed by atoms with E-state index >= 15 is 0 Å². The van der Waals surface area contributed by atoms with Gasteiger partial charge in [0.15, 0.2) is 0 Å². The molecule has 3 N–H and O–H groups in total. The van der Waals surface area contributed by atoms with Gasteiger partial charge < -0.3 is 11.1 Å². The summed E-state index contributed by atoms with van der Waals surface area (Å²) in [6, 6.07) is 9.88. The first kappa shape index (κ1) is 15.7. The molecule has 0 aliphatic heterocycles. The number of nitrogens with two attached hydrogens (primary N) is 1. The van der Waals surface area contributed by atoms with Crippen LogP contribution >= 0.6 is 0 Å². The Balaban J connectivity index is 2.52. The van der Waals surface area contributed by atoms with Crippen molar-refractivity contribution in [3.63, 3.8) is 0 Å². The van der Waals surface area contributed by atoms with Crippen LogP contribution in [0.4, 0.5) is 0 Å². The van der Waals surface area contributed by atoms with Crippen molar-refractivity contribution in [3.05, 3.63) is 35.9 Å². The lowest BCUT2D eigenvalue weighted by Crippen LogP contribution is -2.45. The molecule has 0 fully saturated rings. The second-order valence-electron chi connectivity index (χ2n) is 5.17. The summed E-state index contributed by atoms with van der Waals surface area (Å²) in [5.74, 6) is 0.537. The molecule has 0 spiro atoms. The minimum absolute atomic E-state index is 0.0382. The Bertz CT molecular complexity index is 378. The average Bonchev–Trinajstić information content (AvgIpc) is 2.47. The van der Waals surface area contributed by atoms with Crippen LogP contribution in [0.1, 0.15) is 45.1 Å². The van der Waals surface area contributed by atoms with Gasteiger partial charge in [-0.15, -0.1) is 0 Å². The highest BCUT2D eigenvalue weighted by atomic mass is 16.2. The summed E-state index contributed by atoms with van der Waals surface area (Å²) in [7, 11) is 0. The summed E-state index contributed by atoms with van der Waals surface area (Å²) in [5.41, 5.74) is 7.19. The fourth-order valence-corrected chi connectivity index (χ4v) is 2.08. The van der Waals surface area contributed by atoms with E-state index in [4.69, 9.17) is 5.73 Å². The second kappa shape index (κ2) is 7.95. The van der Waals surface area contributed by atoms with E-state index in [1.165, 1.54) is 5.56 Å². The first-order valence-corrected chi connectivity index (χ1v) is 7.18. The van der Waals surface area contributed by atoms with E-state index in [1.54, 1.807) is 0 Å². The van der Waals surface area contributed by atoms with Crippen LogP contribution < -0.4 is 11.1 Å². The molecule has 0 heterocycles. The van der Waals surface area contributed by atoms with Gasteiger partial charge in [0.1, 0.15) is 0 Å². The van der Waals surface area contributed by atoms with E-state index in [0.717, 1.165) is 12.8 Å². The molecule has 0 saturated heterocycles. The topological polar surface area (TPSA) is 55.1 Å². The lowest BCUT2D eigenvalue weighted by atomic mass is 9.95. The van der Waals surface area contributed by atoms with E-state index < -0.39 is 6.04 Å². The largest absolute Gasteiger partial charge is 0.354 e. The Labute approximate surface area is 116 Å². The third-order valence-corrected chi connectivity index (χ3v) is 3.85. The lowest BCUT2D eigenvalue weighted by molar-refractivity contribution is -0.123. The van der Waals surface area contributed by atoms with E-state index in [-0.39, 0.29) is 11.8 Å². The van der Waals surface area contributed by atoms with Gasteiger partial charge in [0.25, 0.3) is 0 Å². The zero-order valence-electron chi connectivity index (χ0n) is 12.2. The van der Waals surface area contributed by atoms with Crippen molar-refractivity contribution in [1.82, 2.24) is 5.32 Å². The van der Waals surface area contributed by atoms with Crippen molar-refractivity contribution in [2.24, 2.45) is 11.7 Å². The van der Waals surface area contributed by atoms with Crippen LogP contribution in [0.25, 0.3) is 0 Å². The van der Waals surface area contributed by atoms with Gasteiger partial charge in [-0.2, -0.15) is 0 Å². The van der Waals surface area contributed by atoms with E-state index in [9.17, 15) is 4.79 Å². The van der Waals surface area contributed by atoms with Gasteiger partial charge in [-0.1, -0.05) is 57.5 Å². The quantitative estimate of drug-likeness (QED) is 0.793. The average molecular weight is 262 g/mol. The Morgan fingerprint density at radius 3 is 2.37 bits per heavy atom. The summed E-state index contributed by atoms with van der Waals surface area (Å²) >= 11 is 0. The highest BCUT2D eigenvalue weighted by molar-refractivity contribution is 5.81. The molecule has 1 aromatic rings. The molecule has 0 aromatic heterocycles. The molecule has 0 aliphatic carbocycles. The molecule has 1 rings (SSSR count). The predicted octanol–water partition coefficient (Wildman–Crippen LogP) is 2.67. The molecule has 1 amide bonds. The standard InChI is InChI=1S/C16H26N2O/c1-4-12(3)15(17)16(19)18-11-13(5-2)14-9-7-6-8-10-14/h6-10,12-13,15H,4-5,11,17H2,1-3H3,(H,18,19). The molecule has 0 bridgehead atoms. The predicted molar refractivity (Wildman–Crippen MR) is 79.9 cm³/mol. The molecule has 106 valence electrons. The first-order chi connectivity index (χ1) is 9.10. The molecule has 3 atom stereocenters. The SMILES string of the molecule is CCC(CNC(=O)C(N)C(C)CC)c1ccccc1. The fourth-order valence-electron chi connectivity index (χ4n) is 2.08. The molecule has 0 radical (unpaired) electrons. The van der Waals surface area contributed by atoms with Gasteiger partial charge >= 0.3 is 0 Å². The van der Waals surface area contributed by atoms with Crippen LogP contribution in [0.15, 0.2) is 30.3 Å². The molecule has 0 aliphatic rings. The summed E-state index contributed by atoms with van der Waals surface area (Å²) in [6.07, 6.45) is 1.92. The van der Waals surface area contributed by atoms with E-state index in [2.05, 4.69) is 31.3 Å². The normalized spacial score (nSPS) is 15.6. The number of nitrogens with one attached hydrogen (secondary N) is 1. The van der Waals surface area contributed by atoms with Crippen LogP contribution in [-0.2, 0) is 4.79 Å². The minimum Gasteiger partial charge on any atom is -0.354 e. The highest BCUT2D eigenvalue weighted by Gasteiger charge is 2.20. The van der Waals surface area contributed by atoms with Gasteiger partial charge in [-0.05, 0) is 17.9 Å². The van der Waals surface area contributed by atoms with Crippen molar-refractivity contribution in [2.75, 3.05) is 6.54 Å². The summed E-state index contributed by atoms with van der Waals surface area (Å²) in [4.78, 5) is 12.0. The number of benzene rings is 1. The fraction of sp³-hybridized carbons (Fsp3) is 0.562. The second-order valence-corrected chi connectivity index (χ2v) is 5.17. The summed E-state index contributed by atoms with van der Waals surface area (Å²) < 4.78 is 0. The molecule has 19 heavy (non-hydrogen) atoms. The van der Waals surface area contributed by atoms with Gasteiger partial charge in [-0.25, -0.2) is 0 Å². The van der Waals surface area contributed by atoms with Crippen LogP contribution in [0, 0.1) is 5.92 Å². The van der Waals surface area contributed by atoms with E-state index in [0.29, 0.717) is 12.5 Å². The van der Waals surface area contributed by atoms with Crippen LogP contribution in [0.3, 0.4) is 0 Å². The smallest absolute Gasteiger partial charge is 0.237 e. The Morgan fingerprint density at radius 1 is 1.21 bits per heavy atom. The molecule has 3 unspecified atom stereocenters. The zero-order chi connectivity index (χ0) is 14.3. The summed E-state index contributed by atoms with van der Waals surface area (Å²) in [6.45, 7) is 6.86. The zero-order valence-corrected chi connectivity index (χ0v) is 12.2. The molecule has 0 saturated carbocycles. The van der Waals surface area contributed by atoms with Gasteiger partial charge in [0.2, 0.25) is 5.91 Å². The van der Waals surface area contributed by atoms with Crippen molar-refractivity contribution < 1.29 is 4.79 Å². The van der Waals surface area contributed by atoms with Gasteiger partial charge in [0.05, 0.1) is 6.04 Å². The number of carbonyl (C=O) groups excluding carboxylic acids is 1. The van der Waals surface area contributed by atoms with Crippen molar-refractivity contribution in [3.8, 4) is 0 Å². The maximum absolute atomic E-state index is 12.0. The molecule has 3 heteroatoms. The van der Waals surface area contributed by atoms with Crippen LogP contribution in [-0.4, -0.2) is 18.5 Å². The highest BCUT2D eigenvalue weighted by Crippen LogP contribution is 2.18. The molecule has 1 aromatic carbocycles. The Morgan fingerprint density at radius 2 is 1.84 bits per heavy atom. The molecule has 3 nitrogen and oxygen atoms in total. The van der Waals surface area contributed by atoms with E-state index in [1.807, 2.05) is 25.1 Å². The van der Waals surface area contributed by atoms with Gasteiger partial charge in [0, 0.05) is 12.5 Å². The number of carbonyl (C=O) groups is 1. The number of amides is 1. The third-order valence-electron chi connectivity index (χ3n) is 3.85. The maximum Gasteiger partial charge on any atom is 0.237 e. The van der Waals surface area contributed by atoms with Crippen molar-refractivity contribution in [2.45, 2.75) is 45.6 Å². The van der Waals surface area contributed by atoms with Crippen LogP contribution in [0.2, 0.25) is 0 Å². The van der Waals surface area contributed by atoms with Crippen molar-refractivity contribution >= 4 is 5.91 Å². The number of rotatable bonds is 7. The Hall–Kier alpha value is -1.35. The van der Waals surface area contributed by atoms with Crippen LogP contribution in [0.5, 0.6) is 0 Å². The molecular weight excluding hydrogens is 236 g/mol. The number of hydrogen-bond donors (Lipinski definition) is 2. The molecular formula is C16H26N2O. The van der Waals surface area contributed by atoms with Gasteiger partial charge in [-0.3, -0.25) is 4.79 Å². The summed E-state index contributed by atoms with van der Waals surface area (Å²) in [5, 5.41) is 2.98. The minimum atomic E-state index is -0.404. The third kappa shape index (κ3) is 4.67. The van der Waals surface area contributed by atoms with Crippen molar-refractivity contribution in [1.29, 1.82) is 0 Å². The maximum atomic E-state index is 12.0. The first-order valence-electron chi connectivity index (χ1n) is 7.18. The number of hydrogen-bond acceptors (Lipinski definition) is 2. The lowest BCUT2D eigenvalue weighted by Gasteiger charge is -2.21.